The fraction of sp³-hybridized carbons (Fsp3) is 0.455. The molecule has 0 aromatic heterocycles. The lowest BCUT2D eigenvalue weighted by Gasteiger charge is -2.18. The lowest BCUT2D eigenvalue weighted by molar-refractivity contribution is 0.144. The Morgan fingerprint density at radius 3 is 2.67 bits per heavy atom. The van der Waals surface area contributed by atoms with E-state index in [2.05, 4.69) is 0 Å². The Balaban J connectivity index is 2.37. The van der Waals surface area contributed by atoms with Gasteiger partial charge in [0.05, 0.1) is 6.61 Å². The molecule has 0 saturated carbocycles. The Bertz CT molecular complexity index is 375. The van der Waals surface area contributed by atoms with E-state index in [0.717, 1.165) is 6.07 Å². The maximum absolute atomic E-state index is 13.5. The molecule has 1 saturated heterocycles. The van der Waals surface area contributed by atoms with E-state index in [-0.39, 0.29) is 12.5 Å². The maximum Gasteiger partial charge on any atom is 0.132 e. The average molecular weight is 214 g/mol. The second-order valence-electron chi connectivity index (χ2n) is 3.89. The van der Waals surface area contributed by atoms with E-state index < -0.39 is 17.2 Å². The van der Waals surface area contributed by atoms with Crippen LogP contribution in [0.5, 0.6) is 0 Å². The summed E-state index contributed by atoms with van der Waals surface area (Å²) in [6.45, 7) is 2.06. The molecule has 1 aromatic rings. The smallest absolute Gasteiger partial charge is 0.132 e. The number of rotatable bonds is 3. The van der Waals surface area contributed by atoms with Crippen LogP contribution in [-0.4, -0.2) is 18.3 Å². The molecule has 1 N–H and O–H groups in total. The molecule has 1 heterocycles. The van der Waals surface area contributed by atoms with Crippen LogP contribution in [0.3, 0.4) is 0 Å². The van der Waals surface area contributed by atoms with Crippen molar-refractivity contribution in [3.8, 4) is 0 Å². The minimum atomic E-state index is -0.757. The number of aliphatic hydroxyl groups excluding tert-OH is 1. The monoisotopic (exact) mass is 214 g/mol. The summed E-state index contributed by atoms with van der Waals surface area (Å²) in [4.78, 5) is 0. The van der Waals surface area contributed by atoms with Crippen molar-refractivity contribution in [3.63, 3.8) is 0 Å². The van der Waals surface area contributed by atoms with Gasteiger partial charge in [-0.15, -0.1) is 0 Å². The molecule has 0 aliphatic carbocycles. The molecule has 0 unspecified atom stereocenters. The summed E-state index contributed by atoms with van der Waals surface area (Å²) in [5.41, 5.74) is -0.433. The summed E-state index contributed by atoms with van der Waals surface area (Å²) in [5.74, 6) is -1.42. The van der Waals surface area contributed by atoms with Crippen molar-refractivity contribution in [2.45, 2.75) is 12.5 Å². The summed E-state index contributed by atoms with van der Waals surface area (Å²) in [5, 5.41) is 9.04. The van der Waals surface area contributed by atoms with Crippen molar-refractivity contribution in [2.24, 2.45) is 5.92 Å². The first kappa shape index (κ1) is 10.5. The van der Waals surface area contributed by atoms with Crippen LogP contribution >= 0.6 is 0 Å². The van der Waals surface area contributed by atoms with Gasteiger partial charge in [0.1, 0.15) is 17.2 Å². The number of halogens is 2. The maximum atomic E-state index is 13.5. The molecule has 0 spiro atoms. The SMILES string of the molecule is C[C@@H](CO)[C@@]1(c2ccc(F)cc2F)CO1. The third-order valence-electron chi connectivity index (χ3n) is 2.91. The van der Waals surface area contributed by atoms with E-state index >= 15 is 0 Å². The van der Waals surface area contributed by atoms with Gasteiger partial charge in [0.2, 0.25) is 0 Å². The fourth-order valence-electron chi connectivity index (χ4n) is 1.76. The summed E-state index contributed by atoms with van der Waals surface area (Å²) in [6.07, 6.45) is 0. The van der Waals surface area contributed by atoms with E-state index in [4.69, 9.17) is 9.84 Å². The molecule has 0 amide bonds. The molecular formula is C11H12F2O2. The van der Waals surface area contributed by atoms with Crippen LogP contribution in [0.15, 0.2) is 18.2 Å². The summed E-state index contributed by atoms with van der Waals surface area (Å²) >= 11 is 0. The Morgan fingerprint density at radius 2 is 2.20 bits per heavy atom. The summed E-state index contributed by atoms with van der Waals surface area (Å²) < 4.78 is 31.4. The third kappa shape index (κ3) is 1.64. The zero-order valence-electron chi connectivity index (χ0n) is 8.34. The van der Waals surface area contributed by atoms with Crippen molar-refractivity contribution >= 4 is 0 Å². The molecule has 1 fully saturated rings. The topological polar surface area (TPSA) is 32.8 Å². The van der Waals surface area contributed by atoms with E-state index in [1.54, 1.807) is 6.92 Å². The van der Waals surface area contributed by atoms with Gasteiger partial charge in [-0.2, -0.15) is 0 Å². The first-order valence-electron chi connectivity index (χ1n) is 4.80. The Morgan fingerprint density at radius 1 is 1.53 bits per heavy atom. The van der Waals surface area contributed by atoms with Crippen LogP contribution in [0.4, 0.5) is 8.78 Å². The highest BCUT2D eigenvalue weighted by molar-refractivity contribution is 5.30. The standard InChI is InChI=1S/C11H12F2O2/c1-7(5-14)11(6-15-11)9-3-2-8(12)4-10(9)13/h2-4,7,14H,5-6H2,1H3/t7-,11+/m0/s1. The Hall–Kier alpha value is -1.00. The molecular weight excluding hydrogens is 202 g/mol. The molecule has 15 heavy (non-hydrogen) atoms. The zero-order chi connectivity index (χ0) is 11.1. The highest BCUT2D eigenvalue weighted by Crippen LogP contribution is 2.46. The largest absolute Gasteiger partial charge is 0.396 e. The Kier molecular flexibility index (Phi) is 2.48. The number of benzene rings is 1. The third-order valence-corrected chi connectivity index (χ3v) is 2.91. The predicted molar refractivity (Wildman–Crippen MR) is 50.2 cm³/mol. The van der Waals surface area contributed by atoms with Crippen molar-refractivity contribution in [3.05, 3.63) is 35.4 Å². The quantitative estimate of drug-likeness (QED) is 0.778. The lowest BCUT2D eigenvalue weighted by Crippen LogP contribution is -2.24. The molecule has 1 aliphatic rings. The minimum absolute atomic E-state index is 0.0865. The molecule has 4 heteroatoms. The van der Waals surface area contributed by atoms with Crippen LogP contribution in [0.1, 0.15) is 12.5 Å². The minimum Gasteiger partial charge on any atom is -0.396 e. The Labute approximate surface area is 86.5 Å². The molecule has 0 radical (unpaired) electrons. The molecule has 82 valence electrons. The molecule has 2 atom stereocenters. The number of hydrogen-bond acceptors (Lipinski definition) is 2. The van der Waals surface area contributed by atoms with E-state index in [9.17, 15) is 8.78 Å². The van der Waals surface area contributed by atoms with Crippen LogP contribution < -0.4 is 0 Å². The van der Waals surface area contributed by atoms with Crippen molar-refractivity contribution in [2.75, 3.05) is 13.2 Å². The molecule has 2 rings (SSSR count). The van der Waals surface area contributed by atoms with Gasteiger partial charge in [0, 0.05) is 24.2 Å². The van der Waals surface area contributed by atoms with Crippen LogP contribution in [-0.2, 0) is 10.3 Å². The van der Waals surface area contributed by atoms with Gasteiger partial charge < -0.3 is 9.84 Å². The van der Waals surface area contributed by atoms with E-state index in [0.29, 0.717) is 12.2 Å². The van der Waals surface area contributed by atoms with Crippen LogP contribution in [0.2, 0.25) is 0 Å². The lowest BCUT2D eigenvalue weighted by atomic mass is 9.88. The first-order chi connectivity index (χ1) is 7.10. The van der Waals surface area contributed by atoms with E-state index in [1.165, 1.54) is 12.1 Å². The molecule has 0 bridgehead atoms. The second-order valence-corrected chi connectivity index (χ2v) is 3.89. The van der Waals surface area contributed by atoms with Crippen molar-refractivity contribution < 1.29 is 18.6 Å². The van der Waals surface area contributed by atoms with Gasteiger partial charge in [-0.3, -0.25) is 0 Å². The highest BCUT2D eigenvalue weighted by Gasteiger charge is 2.52. The number of hydrogen-bond donors (Lipinski definition) is 1. The number of aliphatic hydroxyl groups is 1. The van der Waals surface area contributed by atoms with Gasteiger partial charge in [-0.05, 0) is 6.07 Å². The molecule has 1 aliphatic heterocycles. The molecule has 1 aromatic carbocycles. The predicted octanol–water partition coefficient (Wildman–Crippen LogP) is 1.82. The highest BCUT2D eigenvalue weighted by atomic mass is 19.1. The van der Waals surface area contributed by atoms with Crippen molar-refractivity contribution in [1.29, 1.82) is 0 Å². The van der Waals surface area contributed by atoms with Gasteiger partial charge in [0.15, 0.2) is 0 Å². The van der Waals surface area contributed by atoms with Gasteiger partial charge in [-0.25, -0.2) is 8.78 Å². The van der Waals surface area contributed by atoms with Crippen LogP contribution in [0.25, 0.3) is 0 Å². The molecule has 2 nitrogen and oxygen atoms in total. The average Bonchev–Trinajstić information content (AvgIpc) is 2.97. The summed E-state index contributed by atoms with van der Waals surface area (Å²) in [7, 11) is 0. The summed E-state index contributed by atoms with van der Waals surface area (Å²) in [6, 6.07) is 3.42. The van der Waals surface area contributed by atoms with Gasteiger partial charge in [-0.1, -0.05) is 13.0 Å². The fourth-order valence-corrected chi connectivity index (χ4v) is 1.76. The number of epoxide rings is 1. The van der Waals surface area contributed by atoms with E-state index in [1.807, 2.05) is 0 Å². The van der Waals surface area contributed by atoms with Crippen LogP contribution in [0, 0.1) is 17.6 Å². The van der Waals surface area contributed by atoms with Gasteiger partial charge in [0.25, 0.3) is 0 Å². The first-order valence-corrected chi connectivity index (χ1v) is 4.80. The zero-order valence-corrected chi connectivity index (χ0v) is 8.34. The van der Waals surface area contributed by atoms with Crippen molar-refractivity contribution in [1.82, 2.24) is 0 Å². The second kappa shape index (κ2) is 3.54. The normalized spacial score (nSPS) is 26.4. The number of ether oxygens (including phenoxy) is 1. The van der Waals surface area contributed by atoms with Gasteiger partial charge >= 0.3 is 0 Å².